The van der Waals surface area contributed by atoms with Crippen LogP contribution in [0.15, 0.2) is 23.2 Å². The van der Waals surface area contributed by atoms with E-state index >= 15 is 0 Å². The van der Waals surface area contributed by atoms with Gasteiger partial charge in [0.15, 0.2) is 17.5 Å². The first-order valence-corrected chi connectivity index (χ1v) is 9.64. The summed E-state index contributed by atoms with van der Waals surface area (Å²) in [6.07, 6.45) is 2.77. The second-order valence-electron chi connectivity index (χ2n) is 7.09. The first kappa shape index (κ1) is 20.4. The molecule has 6 heteroatoms. The molecule has 1 aromatic rings. The van der Waals surface area contributed by atoms with Gasteiger partial charge >= 0.3 is 0 Å². The topological polar surface area (TPSA) is 75.1 Å². The maximum absolute atomic E-state index is 9.25. The molecule has 6 nitrogen and oxygen atoms in total. The van der Waals surface area contributed by atoms with Crippen LogP contribution in [0.4, 0.5) is 0 Å². The monoisotopic (exact) mass is 363 g/mol. The molecule has 1 aliphatic heterocycles. The van der Waals surface area contributed by atoms with Gasteiger partial charge in [0.25, 0.3) is 0 Å². The first-order valence-electron chi connectivity index (χ1n) is 9.64. The number of aliphatic hydroxyl groups excluding tert-OH is 1. The molecule has 0 aliphatic carbocycles. The van der Waals surface area contributed by atoms with Crippen molar-refractivity contribution in [3.8, 4) is 11.5 Å². The Morgan fingerprint density at radius 2 is 2.04 bits per heavy atom. The first-order chi connectivity index (χ1) is 12.6. The molecule has 0 radical (unpaired) electrons. The Labute approximate surface area is 157 Å². The van der Waals surface area contributed by atoms with Crippen LogP contribution >= 0.6 is 0 Å². The number of nitrogens with zero attached hydrogens (tertiary/aromatic N) is 1. The van der Waals surface area contributed by atoms with E-state index in [1.807, 2.05) is 12.1 Å². The lowest BCUT2D eigenvalue weighted by Crippen LogP contribution is -2.38. The van der Waals surface area contributed by atoms with E-state index in [9.17, 15) is 5.11 Å². The minimum absolute atomic E-state index is 0.223. The van der Waals surface area contributed by atoms with Crippen molar-refractivity contribution in [3.63, 3.8) is 0 Å². The van der Waals surface area contributed by atoms with Gasteiger partial charge in [0.2, 0.25) is 6.79 Å². The fraction of sp³-hybridized carbons (Fsp3) is 0.650. The average Bonchev–Trinajstić information content (AvgIpc) is 3.07. The van der Waals surface area contributed by atoms with Gasteiger partial charge in [-0.15, -0.1) is 0 Å². The molecule has 0 fully saturated rings. The van der Waals surface area contributed by atoms with Gasteiger partial charge in [0.05, 0.1) is 0 Å². The molecule has 0 saturated heterocycles. The van der Waals surface area contributed by atoms with E-state index in [4.69, 9.17) is 14.5 Å². The second-order valence-corrected chi connectivity index (χ2v) is 7.09. The molecule has 0 amide bonds. The van der Waals surface area contributed by atoms with E-state index in [0.717, 1.165) is 56.4 Å². The molecular weight excluding hydrogens is 330 g/mol. The van der Waals surface area contributed by atoms with E-state index in [-0.39, 0.29) is 6.61 Å². The maximum atomic E-state index is 9.25. The molecular formula is C20H33N3O3. The Morgan fingerprint density at radius 1 is 1.23 bits per heavy atom. The van der Waals surface area contributed by atoms with Crippen molar-refractivity contribution in [1.82, 2.24) is 10.6 Å². The van der Waals surface area contributed by atoms with Crippen molar-refractivity contribution in [2.75, 3.05) is 33.0 Å². The number of fused-ring (bicyclic) bond motifs is 1. The van der Waals surface area contributed by atoms with Crippen molar-refractivity contribution in [1.29, 1.82) is 0 Å². The minimum Gasteiger partial charge on any atom is -0.454 e. The van der Waals surface area contributed by atoms with Gasteiger partial charge in [0, 0.05) is 26.2 Å². The number of hydrogen-bond donors (Lipinski definition) is 3. The van der Waals surface area contributed by atoms with Crippen molar-refractivity contribution in [2.24, 2.45) is 16.8 Å². The lowest BCUT2D eigenvalue weighted by molar-refractivity contribution is 0.174. The molecule has 1 aliphatic rings. The number of hydrogen-bond acceptors (Lipinski definition) is 4. The van der Waals surface area contributed by atoms with Gasteiger partial charge < -0.3 is 25.2 Å². The smallest absolute Gasteiger partial charge is 0.231 e. The molecule has 3 N–H and O–H groups in total. The minimum atomic E-state index is 0.223. The third-order valence-electron chi connectivity index (χ3n) is 4.34. The van der Waals surface area contributed by atoms with Crippen LogP contribution in [0, 0.1) is 11.8 Å². The molecule has 0 saturated carbocycles. The van der Waals surface area contributed by atoms with Crippen LogP contribution in [-0.2, 0) is 6.42 Å². The van der Waals surface area contributed by atoms with E-state index < -0.39 is 0 Å². The molecule has 146 valence electrons. The van der Waals surface area contributed by atoms with Gasteiger partial charge in [-0.3, -0.25) is 4.99 Å². The fourth-order valence-corrected chi connectivity index (χ4v) is 3.12. The molecule has 26 heavy (non-hydrogen) atoms. The lowest BCUT2D eigenvalue weighted by atomic mass is 9.94. The predicted molar refractivity (Wildman–Crippen MR) is 105 cm³/mol. The molecule has 0 spiro atoms. The quantitative estimate of drug-likeness (QED) is 0.440. The SMILES string of the molecule is CCNC(=NCC(CCO)CC(C)C)NCCc1ccc2c(c1)OCO2. The van der Waals surface area contributed by atoms with Gasteiger partial charge in [0.1, 0.15) is 0 Å². The molecule has 0 bridgehead atoms. The van der Waals surface area contributed by atoms with Crippen LogP contribution in [-0.4, -0.2) is 44.1 Å². The van der Waals surface area contributed by atoms with E-state index in [0.29, 0.717) is 18.6 Å². The number of ether oxygens (including phenoxy) is 2. The number of guanidine groups is 1. The highest BCUT2D eigenvalue weighted by Crippen LogP contribution is 2.32. The fourth-order valence-electron chi connectivity index (χ4n) is 3.12. The molecule has 0 aromatic heterocycles. The Bertz CT molecular complexity index is 575. The zero-order valence-electron chi connectivity index (χ0n) is 16.3. The Kier molecular flexibility index (Phi) is 8.54. The summed E-state index contributed by atoms with van der Waals surface area (Å²) in [6.45, 7) is 9.37. The van der Waals surface area contributed by atoms with Gasteiger partial charge in [-0.1, -0.05) is 19.9 Å². The average molecular weight is 364 g/mol. The Hall–Kier alpha value is -1.95. The summed E-state index contributed by atoms with van der Waals surface area (Å²) >= 11 is 0. The van der Waals surface area contributed by atoms with Crippen LogP contribution in [0.1, 0.15) is 39.2 Å². The summed E-state index contributed by atoms with van der Waals surface area (Å²) < 4.78 is 10.8. The highest BCUT2D eigenvalue weighted by Gasteiger charge is 2.13. The summed E-state index contributed by atoms with van der Waals surface area (Å²) in [6, 6.07) is 6.07. The number of aliphatic imine (C=N–C) groups is 1. The lowest BCUT2D eigenvalue weighted by Gasteiger charge is -2.17. The summed E-state index contributed by atoms with van der Waals surface area (Å²) in [4.78, 5) is 4.71. The van der Waals surface area contributed by atoms with Crippen LogP contribution in [0.25, 0.3) is 0 Å². The van der Waals surface area contributed by atoms with Crippen molar-refractivity contribution < 1.29 is 14.6 Å². The molecule has 1 atom stereocenters. The van der Waals surface area contributed by atoms with Crippen LogP contribution < -0.4 is 20.1 Å². The van der Waals surface area contributed by atoms with E-state index in [1.54, 1.807) is 0 Å². The predicted octanol–water partition coefficient (Wildman–Crippen LogP) is 2.56. The molecule has 1 unspecified atom stereocenters. The number of benzene rings is 1. The molecule has 1 heterocycles. The van der Waals surface area contributed by atoms with Crippen LogP contribution in [0.3, 0.4) is 0 Å². The zero-order valence-corrected chi connectivity index (χ0v) is 16.3. The highest BCUT2D eigenvalue weighted by molar-refractivity contribution is 5.79. The summed E-state index contributed by atoms with van der Waals surface area (Å²) in [5.41, 5.74) is 1.20. The maximum Gasteiger partial charge on any atom is 0.231 e. The van der Waals surface area contributed by atoms with E-state index in [2.05, 4.69) is 37.5 Å². The summed E-state index contributed by atoms with van der Waals surface area (Å²) in [7, 11) is 0. The second kappa shape index (κ2) is 10.9. The standard InChI is InChI=1S/C20H33N3O3/c1-4-21-20(23-13-17(8-10-24)11-15(2)3)22-9-7-16-5-6-18-19(12-16)26-14-25-18/h5-6,12,15,17,24H,4,7-11,13-14H2,1-3H3,(H2,21,22,23). The normalized spacial score (nSPS) is 14.6. The van der Waals surface area contributed by atoms with Crippen LogP contribution in [0.2, 0.25) is 0 Å². The van der Waals surface area contributed by atoms with Crippen molar-refractivity contribution in [2.45, 2.75) is 40.0 Å². The number of aliphatic hydroxyl groups is 1. The van der Waals surface area contributed by atoms with Gasteiger partial charge in [-0.25, -0.2) is 0 Å². The molecule has 2 rings (SSSR count). The highest BCUT2D eigenvalue weighted by atomic mass is 16.7. The van der Waals surface area contributed by atoms with Gasteiger partial charge in [-0.2, -0.15) is 0 Å². The van der Waals surface area contributed by atoms with Crippen molar-refractivity contribution in [3.05, 3.63) is 23.8 Å². The summed E-state index contributed by atoms with van der Waals surface area (Å²) in [5, 5.41) is 15.9. The van der Waals surface area contributed by atoms with Crippen LogP contribution in [0.5, 0.6) is 11.5 Å². The molecule has 1 aromatic carbocycles. The Balaban J connectivity index is 1.84. The third kappa shape index (κ3) is 6.75. The third-order valence-corrected chi connectivity index (χ3v) is 4.34. The van der Waals surface area contributed by atoms with E-state index in [1.165, 1.54) is 5.56 Å². The summed E-state index contributed by atoms with van der Waals surface area (Å²) in [5.74, 6) is 3.51. The van der Waals surface area contributed by atoms with Crippen molar-refractivity contribution >= 4 is 5.96 Å². The van der Waals surface area contributed by atoms with Gasteiger partial charge in [-0.05, 0) is 55.7 Å². The number of rotatable bonds is 10. The number of nitrogens with one attached hydrogen (secondary N) is 2. The largest absolute Gasteiger partial charge is 0.454 e. The Morgan fingerprint density at radius 3 is 2.77 bits per heavy atom. The zero-order chi connectivity index (χ0) is 18.8.